The number of carbonyl (C=O) groups excluding carboxylic acids is 1. The van der Waals surface area contributed by atoms with Gasteiger partial charge >= 0.3 is 5.97 Å². The molecule has 3 aromatic carbocycles. The second kappa shape index (κ2) is 11.0. The molecule has 0 bridgehead atoms. The van der Waals surface area contributed by atoms with E-state index in [2.05, 4.69) is 10.9 Å². The molecule has 0 saturated carbocycles. The molecule has 0 amide bonds. The highest BCUT2D eigenvalue weighted by atomic mass is 32.1. The Morgan fingerprint density at radius 3 is 2.74 bits per heavy atom. The number of methoxy groups -OCH3 is 1. The van der Waals surface area contributed by atoms with Gasteiger partial charge in [-0.25, -0.2) is 9.79 Å². The lowest BCUT2D eigenvalue weighted by Gasteiger charge is -2.25. The molecule has 0 spiro atoms. The van der Waals surface area contributed by atoms with E-state index < -0.39 is 12.0 Å². The number of hydrogen-bond acceptors (Lipinski definition) is 7. The van der Waals surface area contributed by atoms with Gasteiger partial charge in [-0.15, -0.1) is 6.42 Å². The van der Waals surface area contributed by atoms with Crippen LogP contribution in [0.4, 0.5) is 0 Å². The maximum absolute atomic E-state index is 14.1. The molecule has 0 aliphatic carbocycles. The Kier molecular flexibility index (Phi) is 7.35. The van der Waals surface area contributed by atoms with Gasteiger partial charge in [0.25, 0.3) is 5.56 Å². The molecule has 4 aromatic rings. The number of terminal acetylenes is 1. The van der Waals surface area contributed by atoms with Crippen LogP contribution in [0, 0.1) is 12.3 Å². The van der Waals surface area contributed by atoms with Crippen molar-refractivity contribution in [2.45, 2.75) is 19.9 Å². The summed E-state index contributed by atoms with van der Waals surface area (Å²) in [6.07, 6.45) is 7.13. The van der Waals surface area contributed by atoms with Gasteiger partial charge in [0.2, 0.25) is 0 Å². The summed E-state index contributed by atoms with van der Waals surface area (Å²) in [5.41, 5.74) is 2.03. The smallest absolute Gasteiger partial charge is 0.338 e. The Morgan fingerprint density at radius 1 is 1.18 bits per heavy atom. The number of carbonyl (C=O) groups is 1. The number of esters is 1. The van der Waals surface area contributed by atoms with E-state index in [1.807, 2.05) is 42.5 Å². The molecule has 1 aromatic heterocycles. The predicted molar refractivity (Wildman–Crippen MR) is 152 cm³/mol. The number of thiazole rings is 1. The molecule has 0 unspecified atom stereocenters. The Hall–Kier alpha value is -4.61. The third-order valence-electron chi connectivity index (χ3n) is 6.45. The van der Waals surface area contributed by atoms with Crippen LogP contribution >= 0.6 is 11.3 Å². The average Bonchev–Trinajstić information content (AvgIpc) is 3.25. The largest absolute Gasteiger partial charge is 0.497 e. The van der Waals surface area contributed by atoms with E-state index in [4.69, 9.17) is 20.6 Å². The Bertz CT molecular complexity index is 1840. The van der Waals surface area contributed by atoms with Crippen molar-refractivity contribution >= 4 is 34.2 Å². The second-order valence-corrected chi connectivity index (χ2v) is 9.78. The van der Waals surface area contributed by atoms with Gasteiger partial charge in [0.05, 0.1) is 35.6 Å². The van der Waals surface area contributed by atoms with Crippen molar-refractivity contribution in [2.24, 2.45) is 4.99 Å². The maximum atomic E-state index is 14.1. The summed E-state index contributed by atoms with van der Waals surface area (Å²) < 4.78 is 18.5. The van der Waals surface area contributed by atoms with E-state index in [0.717, 1.165) is 16.3 Å². The van der Waals surface area contributed by atoms with Gasteiger partial charge in [0, 0.05) is 5.56 Å². The van der Waals surface area contributed by atoms with Crippen molar-refractivity contribution in [3.05, 3.63) is 103 Å². The topological polar surface area (TPSA) is 79.1 Å². The SMILES string of the molecule is C#CCOc1ccc(OC)cc1/C=c1\sc2n(c1=O)[C@@H](c1cccc3ccccc13)C(C(=O)OCC)=C(C)N=2. The van der Waals surface area contributed by atoms with Crippen molar-refractivity contribution in [1.82, 2.24) is 4.57 Å². The second-order valence-electron chi connectivity index (χ2n) is 8.77. The summed E-state index contributed by atoms with van der Waals surface area (Å²) >= 11 is 1.24. The fourth-order valence-corrected chi connectivity index (χ4v) is 5.77. The van der Waals surface area contributed by atoms with E-state index in [1.54, 1.807) is 49.8 Å². The van der Waals surface area contributed by atoms with Gasteiger partial charge in [0.1, 0.15) is 18.1 Å². The molecule has 0 fully saturated rings. The predicted octanol–water partition coefficient (Wildman–Crippen LogP) is 3.97. The van der Waals surface area contributed by atoms with Crippen LogP contribution < -0.4 is 24.4 Å². The van der Waals surface area contributed by atoms with E-state index in [1.165, 1.54) is 11.3 Å². The van der Waals surface area contributed by atoms with Crippen LogP contribution in [0.1, 0.15) is 31.0 Å². The summed E-state index contributed by atoms with van der Waals surface area (Å²) in [5.74, 6) is 3.09. The van der Waals surface area contributed by atoms with Crippen LogP contribution in [0.3, 0.4) is 0 Å². The molecule has 7 nitrogen and oxygen atoms in total. The lowest BCUT2D eigenvalue weighted by molar-refractivity contribution is -0.139. The maximum Gasteiger partial charge on any atom is 0.338 e. The number of aromatic nitrogens is 1. The number of rotatable bonds is 7. The monoisotopic (exact) mass is 538 g/mol. The fourth-order valence-electron chi connectivity index (χ4n) is 4.73. The quantitative estimate of drug-likeness (QED) is 0.263. The number of nitrogens with zero attached hydrogens (tertiary/aromatic N) is 2. The van der Waals surface area contributed by atoms with Crippen LogP contribution in [-0.2, 0) is 9.53 Å². The molecule has 39 heavy (non-hydrogen) atoms. The van der Waals surface area contributed by atoms with Gasteiger partial charge in [-0.05, 0) is 54.5 Å². The van der Waals surface area contributed by atoms with Gasteiger partial charge < -0.3 is 14.2 Å². The number of benzene rings is 3. The van der Waals surface area contributed by atoms with Gasteiger partial charge in [-0.3, -0.25) is 9.36 Å². The highest BCUT2D eigenvalue weighted by molar-refractivity contribution is 7.07. The molecule has 0 N–H and O–H groups in total. The third kappa shape index (κ3) is 4.85. The van der Waals surface area contributed by atoms with Crippen LogP contribution in [0.2, 0.25) is 0 Å². The number of hydrogen-bond donors (Lipinski definition) is 0. The van der Waals surface area contributed by atoms with Crippen LogP contribution in [0.15, 0.2) is 81.7 Å². The highest BCUT2D eigenvalue weighted by Gasteiger charge is 2.34. The highest BCUT2D eigenvalue weighted by Crippen LogP contribution is 2.35. The van der Waals surface area contributed by atoms with Gasteiger partial charge in [-0.1, -0.05) is 59.7 Å². The molecule has 0 radical (unpaired) electrons. The Morgan fingerprint density at radius 2 is 1.97 bits per heavy atom. The van der Waals surface area contributed by atoms with Crippen molar-refractivity contribution in [3.8, 4) is 23.8 Å². The van der Waals surface area contributed by atoms with Crippen molar-refractivity contribution in [3.63, 3.8) is 0 Å². The number of ether oxygens (including phenoxy) is 3. The third-order valence-corrected chi connectivity index (χ3v) is 7.43. The summed E-state index contributed by atoms with van der Waals surface area (Å²) in [5, 5.41) is 1.94. The van der Waals surface area contributed by atoms with Crippen LogP contribution in [0.25, 0.3) is 16.8 Å². The molecule has 196 valence electrons. The standard InChI is InChI=1S/C31H26N2O5S/c1-5-16-38-25-15-14-22(36-4)17-21(25)18-26-29(34)33-28(24-13-9-11-20-10-7-8-12-23(20)24)27(30(35)37-6-2)19(3)32-31(33)39-26/h1,7-15,17-18,28H,6,16H2,2-4H3/b26-18-/t28-/m0/s1. The fraction of sp³-hybridized carbons (Fsp3) is 0.194. The summed E-state index contributed by atoms with van der Waals surface area (Å²) in [6, 6.07) is 18.3. The number of allylic oxidation sites excluding steroid dienone is 1. The lowest BCUT2D eigenvalue weighted by atomic mass is 9.91. The molecule has 1 aliphatic rings. The summed E-state index contributed by atoms with van der Waals surface area (Å²) in [7, 11) is 1.57. The van der Waals surface area contributed by atoms with E-state index in [-0.39, 0.29) is 18.8 Å². The minimum atomic E-state index is -0.712. The van der Waals surface area contributed by atoms with Crippen molar-refractivity contribution in [1.29, 1.82) is 0 Å². The first-order valence-electron chi connectivity index (χ1n) is 12.4. The normalized spacial score (nSPS) is 14.9. The minimum Gasteiger partial charge on any atom is -0.497 e. The van der Waals surface area contributed by atoms with Gasteiger partial charge in [-0.2, -0.15) is 0 Å². The minimum absolute atomic E-state index is 0.0809. The zero-order valence-electron chi connectivity index (χ0n) is 21.8. The first-order valence-corrected chi connectivity index (χ1v) is 13.2. The summed E-state index contributed by atoms with van der Waals surface area (Å²) in [4.78, 5) is 32.5. The number of fused-ring (bicyclic) bond motifs is 2. The van der Waals surface area contributed by atoms with Crippen molar-refractivity contribution < 1.29 is 19.0 Å². The molecule has 8 heteroatoms. The van der Waals surface area contributed by atoms with Crippen molar-refractivity contribution in [2.75, 3.05) is 20.3 Å². The molecule has 5 rings (SSSR count). The zero-order valence-corrected chi connectivity index (χ0v) is 22.6. The first kappa shape index (κ1) is 26.0. The zero-order chi connectivity index (χ0) is 27.5. The van der Waals surface area contributed by atoms with Crippen LogP contribution in [-0.4, -0.2) is 30.9 Å². The van der Waals surface area contributed by atoms with Crippen LogP contribution in [0.5, 0.6) is 11.5 Å². The summed E-state index contributed by atoms with van der Waals surface area (Å²) in [6.45, 7) is 3.81. The molecule has 2 heterocycles. The average molecular weight is 539 g/mol. The lowest BCUT2D eigenvalue weighted by Crippen LogP contribution is -2.40. The first-order chi connectivity index (χ1) is 19.0. The molecule has 1 aliphatic heterocycles. The van der Waals surface area contributed by atoms with Gasteiger partial charge in [0.15, 0.2) is 4.80 Å². The molecular weight excluding hydrogens is 512 g/mol. The Balaban J connectivity index is 1.77. The van der Waals surface area contributed by atoms with E-state index in [9.17, 15) is 9.59 Å². The molecule has 1 atom stereocenters. The van der Waals surface area contributed by atoms with E-state index in [0.29, 0.717) is 37.7 Å². The molecule has 0 saturated heterocycles. The Labute approximate surface area is 229 Å². The van der Waals surface area contributed by atoms with E-state index >= 15 is 0 Å². The molecular formula is C31H26N2O5S.